The van der Waals surface area contributed by atoms with Gasteiger partial charge in [0, 0.05) is 51.3 Å². The fraction of sp³-hybridized carbons (Fsp3) is 0.261. The molecule has 3 rings (SSSR count). The molecule has 3 heterocycles. The molecule has 0 radical (unpaired) electrons. The highest BCUT2D eigenvalue weighted by molar-refractivity contribution is 5.82. The van der Waals surface area contributed by atoms with Crippen LogP contribution in [-0.4, -0.2) is 57.0 Å². The Balaban J connectivity index is 1.69. The van der Waals surface area contributed by atoms with Crippen molar-refractivity contribution in [1.82, 2.24) is 24.8 Å². The van der Waals surface area contributed by atoms with Crippen LogP contribution in [0.25, 0.3) is 0 Å². The van der Waals surface area contributed by atoms with Gasteiger partial charge in [0.25, 0.3) is 5.91 Å². The zero-order valence-corrected chi connectivity index (χ0v) is 17.0. The normalized spacial score (nSPS) is 11.0. The van der Waals surface area contributed by atoms with E-state index < -0.39 is 0 Å². The van der Waals surface area contributed by atoms with Crippen LogP contribution < -0.4 is 0 Å². The summed E-state index contributed by atoms with van der Waals surface area (Å²) in [5.41, 5.74) is 2.90. The maximum atomic E-state index is 11.9. The molecule has 0 bridgehead atoms. The molecule has 7 heteroatoms. The third kappa shape index (κ3) is 7.27. The summed E-state index contributed by atoms with van der Waals surface area (Å²) in [5, 5.41) is 0. The second kappa shape index (κ2) is 11.6. The molecule has 0 unspecified atom stereocenters. The number of aliphatic imine (C=N–C) groups is 1. The molecule has 0 spiro atoms. The molecule has 1 amide bonds. The van der Waals surface area contributed by atoms with Crippen molar-refractivity contribution < 1.29 is 4.79 Å². The van der Waals surface area contributed by atoms with Crippen LogP contribution in [0.5, 0.6) is 0 Å². The average molecular weight is 403 g/mol. The van der Waals surface area contributed by atoms with E-state index in [1.807, 2.05) is 59.5 Å². The molecule has 3 aromatic rings. The van der Waals surface area contributed by atoms with Gasteiger partial charge in [-0.25, -0.2) is 4.99 Å². The number of carbonyl (C=O) groups is 1. The van der Waals surface area contributed by atoms with Gasteiger partial charge in [0.2, 0.25) is 0 Å². The van der Waals surface area contributed by atoms with Crippen LogP contribution in [-0.2, 0) is 24.4 Å². The minimum Gasteiger partial charge on any atom is -0.290 e. The van der Waals surface area contributed by atoms with E-state index in [1.165, 1.54) is 0 Å². The molecule has 30 heavy (non-hydrogen) atoms. The second-order valence-electron chi connectivity index (χ2n) is 6.94. The molecule has 0 aliphatic carbocycles. The van der Waals surface area contributed by atoms with Crippen molar-refractivity contribution >= 4 is 12.6 Å². The summed E-state index contributed by atoms with van der Waals surface area (Å²) in [6.45, 7) is 6.95. The molecule has 0 aromatic carbocycles. The molecule has 154 valence electrons. The lowest BCUT2D eigenvalue weighted by Crippen LogP contribution is -2.37. The van der Waals surface area contributed by atoms with E-state index in [1.54, 1.807) is 18.6 Å². The van der Waals surface area contributed by atoms with E-state index in [-0.39, 0.29) is 12.5 Å². The second-order valence-corrected chi connectivity index (χ2v) is 6.94. The smallest absolute Gasteiger partial charge is 0.259 e. The average Bonchev–Trinajstić information content (AvgIpc) is 2.79. The van der Waals surface area contributed by atoms with Gasteiger partial charge in [-0.15, -0.1) is 0 Å². The molecule has 0 N–H and O–H groups in total. The first-order chi connectivity index (χ1) is 14.7. The Bertz CT molecular complexity index is 863. The van der Waals surface area contributed by atoms with Gasteiger partial charge in [0.05, 0.1) is 23.6 Å². The fourth-order valence-electron chi connectivity index (χ4n) is 3.11. The quantitative estimate of drug-likeness (QED) is 0.459. The number of hydrogen-bond donors (Lipinski definition) is 0. The van der Waals surface area contributed by atoms with E-state index in [2.05, 4.69) is 31.6 Å². The lowest BCUT2D eigenvalue weighted by molar-refractivity contribution is -0.119. The highest BCUT2D eigenvalue weighted by Crippen LogP contribution is 2.08. The van der Waals surface area contributed by atoms with E-state index in [0.29, 0.717) is 26.2 Å². The van der Waals surface area contributed by atoms with Gasteiger partial charge in [-0.1, -0.05) is 18.2 Å². The van der Waals surface area contributed by atoms with Crippen LogP contribution in [0.3, 0.4) is 0 Å². The SMILES string of the molecule is C=NC(=O)CN(CCN(Cc1ccccn1)Cc1ccccn1)Cc1ccccn1. The Morgan fingerprint density at radius 2 is 1.17 bits per heavy atom. The third-order valence-electron chi connectivity index (χ3n) is 4.60. The van der Waals surface area contributed by atoms with Gasteiger partial charge in [-0.05, 0) is 43.1 Å². The highest BCUT2D eigenvalue weighted by atomic mass is 16.1. The first-order valence-electron chi connectivity index (χ1n) is 9.87. The van der Waals surface area contributed by atoms with Crippen LogP contribution in [0.2, 0.25) is 0 Å². The minimum atomic E-state index is -0.244. The van der Waals surface area contributed by atoms with Gasteiger partial charge in [-0.3, -0.25) is 29.5 Å². The number of amides is 1. The minimum absolute atomic E-state index is 0.209. The number of aromatic nitrogens is 3. The molecule has 0 saturated heterocycles. The standard InChI is InChI=1S/C23H26N6O/c1-24-23(30)19-29(18-22-10-4-7-13-27-22)15-14-28(16-20-8-2-5-11-25-20)17-21-9-3-6-12-26-21/h2-13H,1,14-19H2. The van der Waals surface area contributed by atoms with E-state index in [4.69, 9.17) is 0 Å². The number of hydrogen-bond acceptors (Lipinski definition) is 6. The van der Waals surface area contributed by atoms with E-state index in [9.17, 15) is 4.79 Å². The van der Waals surface area contributed by atoms with Crippen LogP contribution >= 0.6 is 0 Å². The van der Waals surface area contributed by atoms with Crippen molar-refractivity contribution in [2.24, 2.45) is 4.99 Å². The first kappa shape index (κ1) is 21.4. The van der Waals surface area contributed by atoms with Crippen LogP contribution in [0, 0.1) is 0 Å². The molecular formula is C23H26N6O. The van der Waals surface area contributed by atoms with Gasteiger partial charge in [0.15, 0.2) is 0 Å². The fourth-order valence-corrected chi connectivity index (χ4v) is 3.11. The topological polar surface area (TPSA) is 74.6 Å². The van der Waals surface area contributed by atoms with E-state index >= 15 is 0 Å². The number of carbonyl (C=O) groups excluding carboxylic acids is 1. The van der Waals surface area contributed by atoms with Crippen LogP contribution in [0.4, 0.5) is 0 Å². The summed E-state index contributed by atoms with van der Waals surface area (Å²) in [4.78, 5) is 33.1. The van der Waals surface area contributed by atoms with Crippen molar-refractivity contribution in [3.8, 4) is 0 Å². The summed E-state index contributed by atoms with van der Waals surface area (Å²) >= 11 is 0. The predicted octanol–water partition coefficient (Wildman–Crippen LogP) is 2.60. The maximum Gasteiger partial charge on any atom is 0.259 e. The van der Waals surface area contributed by atoms with Gasteiger partial charge in [0.1, 0.15) is 0 Å². The summed E-state index contributed by atoms with van der Waals surface area (Å²) in [6.07, 6.45) is 5.36. The molecule has 3 aromatic heterocycles. The van der Waals surface area contributed by atoms with Crippen molar-refractivity contribution in [3.63, 3.8) is 0 Å². The van der Waals surface area contributed by atoms with Gasteiger partial charge >= 0.3 is 0 Å². The number of nitrogens with zero attached hydrogens (tertiary/aromatic N) is 6. The number of rotatable bonds is 11. The summed E-state index contributed by atoms with van der Waals surface area (Å²) in [5.74, 6) is -0.244. The van der Waals surface area contributed by atoms with Crippen molar-refractivity contribution in [2.75, 3.05) is 19.6 Å². The molecule has 0 aliphatic heterocycles. The lowest BCUT2D eigenvalue weighted by atomic mass is 10.2. The molecule has 0 saturated carbocycles. The Morgan fingerprint density at radius 1 is 0.733 bits per heavy atom. The highest BCUT2D eigenvalue weighted by Gasteiger charge is 2.15. The first-order valence-corrected chi connectivity index (χ1v) is 9.87. The Labute approximate surface area is 177 Å². The lowest BCUT2D eigenvalue weighted by Gasteiger charge is -2.26. The molecule has 0 atom stereocenters. The van der Waals surface area contributed by atoms with E-state index in [0.717, 1.165) is 23.6 Å². The van der Waals surface area contributed by atoms with Crippen molar-refractivity contribution in [3.05, 3.63) is 90.3 Å². The molecule has 0 aliphatic rings. The summed E-state index contributed by atoms with van der Waals surface area (Å²) < 4.78 is 0. The predicted molar refractivity (Wildman–Crippen MR) is 117 cm³/mol. The Morgan fingerprint density at radius 3 is 1.57 bits per heavy atom. The monoisotopic (exact) mass is 402 g/mol. The summed E-state index contributed by atoms with van der Waals surface area (Å²) in [6, 6.07) is 17.6. The Hall–Kier alpha value is -3.29. The molecular weight excluding hydrogens is 376 g/mol. The summed E-state index contributed by atoms with van der Waals surface area (Å²) in [7, 11) is 0. The third-order valence-corrected chi connectivity index (χ3v) is 4.60. The van der Waals surface area contributed by atoms with Crippen LogP contribution in [0.15, 0.2) is 78.2 Å². The zero-order valence-electron chi connectivity index (χ0n) is 17.0. The number of pyridine rings is 3. The van der Waals surface area contributed by atoms with Crippen LogP contribution in [0.1, 0.15) is 17.1 Å². The van der Waals surface area contributed by atoms with Crippen molar-refractivity contribution in [1.29, 1.82) is 0 Å². The van der Waals surface area contributed by atoms with Gasteiger partial charge < -0.3 is 0 Å². The maximum absolute atomic E-state index is 11.9. The molecule has 7 nitrogen and oxygen atoms in total. The zero-order chi connectivity index (χ0) is 21.0. The van der Waals surface area contributed by atoms with Crippen molar-refractivity contribution in [2.45, 2.75) is 19.6 Å². The van der Waals surface area contributed by atoms with Gasteiger partial charge in [-0.2, -0.15) is 0 Å². The largest absolute Gasteiger partial charge is 0.290 e. The molecule has 0 fully saturated rings. The Kier molecular flexibility index (Phi) is 8.32.